The average Bonchev–Trinajstić information content (AvgIpc) is 2.88. The van der Waals surface area contributed by atoms with Crippen LogP contribution >= 0.6 is 15.9 Å². The van der Waals surface area contributed by atoms with Gasteiger partial charge in [0.2, 0.25) is 5.95 Å². The highest BCUT2D eigenvalue weighted by Crippen LogP contribution is 2.24. The average molecular weight is 295 g/mol. The van der Waals surface area contributed by atoms with E-state index in [2.05, 4.69) is 36.9 Å². The summed E-state index contributed by atoms with van der Waals surface area (Å²) in [7, 11) is 0. The first-order valence-electron chi connectivity index (χ1n) is 5.86. The molecule has 0 spiro atoms. The van der Waals surface area contributed by atoms with Gasteiger partial charge in [-0.15, -0.1) is 0 Å². The Morgan fingerprint density at radius 3 is 3.18 bits per heavy atom. The number of hydrogen-bond acceptors (Lipinski definition) is 3. The van der Waals surface area contributed by atoms with Crippen molar-refractivity contribution in [3.05, 3.63) is 22.7 Å². The maximum atomic E-state index is 6.00. The smallest absolute Gasteiger partial charge is 0.201 e. The first kappa shape index (κ1) is 11.0. The van der Waals surface area contributed by atoms with Crippen LogP contribution in [0.5, 0.6) is 0 Å². The summed E-state index contributed by atoms with van der Waals surface area (Å²) >= 11 is 3.45. The fraction of sp³-hybridized carbons (Fsp3) is 0.417. The Morgan fingerprint density at radius 2 is 2.41 bits per heavy atom. The van der Waals surface area contributed by atoms with Crippen molar-refractivity contribution in [3.63, 3.8) is 0 Å². The molecule has 90 valence electrons. The van der Waals surface area contributed by atoms with Crippen molar-refractivity contribution in [1.82, 2.24) is 14.9 Å². The number of fused-ring (bicyclic) bond motifs is 1. The van der Waals surface area contributed by atoms with E-state index < -0.39 is 0 Å². The van der Waals surface area contributed by atoms with E-state index in [0.29, 0.717) is 11.9 Å². The third kappa shape index (κ3) is 2.05. The van der Waals surface area contributed by atoms with Gasteiger partial charge in [-0.2, -0.15) is 0 Å². The second-order valence-electron chi connectivity index (χ2n) is 4.57. The van der Waals surface area contributed by atoms with Crippen LogP contribution in [0.2, 0.25) is 0 Å². The summed E-state index contributed by atoms with van der Waals surface area (Å²) < 4.78 is 3.16. The van der Waals surface area contributed by atoms with E-state index in [9.17, 15) is 0 Å². The number of nitrogen functional groups attached to an aromatic ring is 1. The second-order valence-corrected chi connectivity index (χ2v) is 5.49. The van der Waals surface area contributed by atoms with Crippen molar-refractivity contribution in [2.75, 3.05) is 18.8 Å². The molecule has 2 heterocycles. The SMILES string of the molecule is Nc1nc2cc(Br)ccc2n1CC1CCNC1. The van der Waals surface area contributed by atoms with Crippen LogP contribution in [0.25, 0.3) is 11.0 Å². The third-order valence-corrected chi connectivity index (χ3v) is 3.84. The van der Waals surface area contributed by atoms with Gasteiger partial charge in [0.05, 0.1) is 11.0 Å². The molecule has 3 N–H and O–H groups in total. The van der Waals surface area contributed by atoms with Crippen LogP contribution in [-0.4, -0.2) is 22.6 Å². The van der Waals surface area contributed by atoms with E-state index in [1.54, 1.807) is 0 Å². The van der Waals surface area contributed by atoms with Gasteiger partial charge >= 0.3 is 0 Å². The van der Waals surface area contributed by atoms with E-state index >= 15 is 0 Å². The molecule has 1 aromatic carbocycles. The summed E-state index contributed by atoms with van der Waals surface area (Å²) in [6.07, 6.45) is 1.22. The van der Waals surface area contributed by atoms with Crippen molar-refractivity contribution in [2.45, 2.75) is 13.0 Å². The minimum Gasteiger partial charge on any atom is -0.369 e. The van der Waals surface area contributed by atoms with E-state index in [1.807, 2.05) is 12.1 Å². The van der Waals surface area contributed by atoms with Crippen LogP contribution in [-0.2, 0) is 6.54 Å². The summed E-state index contributed by atoms with van der Waals surface area (Å²) in [5, 5.41) is 3.38. The summed E-state index contributed by atoms with van der Waals surface area (Å²) in [4.78, 5) is 4.41. The lowest BCUT2D eigenvalue weighted by Crippen LogP contribution is -2.15. The van der Waals surface area contributed by atoms with Gasteiger partial charge in [-0.1, -0.05) is 15.9 Å². The lowest BCUT2D eigenvalue weighted by atomic mass is 10.1. The van der Waals surface area contributed by atoms with Gasteiger partial charge in [0.25, 0.3) is 0 Å². The molecule has 3 rings (SSSR count). The van der Waals surface area contributed by atoms with Crippen LogP contribution < -0.4 is 11.1 Å². The minimum absolute atomic E-state index is 0.616. The molecular formula is C12H15BrN4. The Kier molecular flexibility index (Phi) is 2.80. The van der Waals surface area contributed by atoms with Crippen LogP contribution in [0.3, 0.4) is 0 Å². The molecular weight excluding hydrogens is 280 g/mol. The summed E-state index contributed by atoms with van der Waals surface area (Å²) in [6, 6.07) is 6.12. The van der Waals surface area contributed by atoms with Crippen molar-refractivity contribution < 1.29 is 0 Å². The fourth-order valence-corrected chi connectivity index (χ4v) is 2.79. The molecule has 0 radical (unpaired) electrons. The lowest BCUT2D eigenvalue weighted by molar-refractivity contribution is 0.493. The molecule has 2 aromatic rings. The van der Waals surface area contributed by atoms with Crippen molar-refractivity contribution in [2.24, 2.45) is 5.92 Å². The van der Waals surface area contributed by atoms with Crippen molar-refractivity contribution in [3.8, 4) is 0 Å². The normalized spacial score (nSPS) is 20.2. The second kappa shape index (κ2) is 4.31. The highest BCUT2D eigenvalue weighted by molar-refractivity contribution is 9.10. The Hall–Kier alpha value is -1.07. The standard InChI is InChI=1S/C12H15BrN4/c13-9-1-2-11-10(5-9)16-12(14)17(11)7-8-3-4-15-6-8/h1-2,5,8,15H,3-4,6-7H2,(H2,14,16). The first-order valence-corrected chi connectivity index (χ1v) is 6.65. The highest BCUT2D eigenvalue weighted by atomic mass is 79.9. The fourth-order valence-electron chi connectivity index (χ4n) is 2.44. The van der Waals surface area contributed by atoms with Crippen LogP contribution in [0, 0.1) is 5.92 Å². The summed E-state index contributed by atoms with van der Waals surface area (Å²) in [5.41, 5.74) is 8.08. The van der Waals surface area contributed by atoms with Gasteiger partial charge in [0.1, 0.15) is 0 Å². The number of aromatic nitrogens is 2. The number of rotatable bonds is 2. The third-order valence-electron chi connectivity index (χ3n) is 3.34. The van der Waals surface area contributed by atoms with Gasteiger partial charge in [-0.3, -0.25) is 0 Å². The molecule has 4 nitrogen and oxygen atoms in total. The van der Waals surface area contributed by atoms with Gasteiger partial charge in [-0.25, -0.2) is 4.98 Å². The van der Waals surface area contributed by atoms with Gasteiger partial charge in [0.15, 0.2) is 0 Å². The predicted octanol–water partition coefficient (Wildman–Crippen LogP) is 1.99. The summed E-state index contributed by atoms with van der Waals surface area (Å²) in [6.45, 7) is 3.15. The zero-order valence-electron chi connectivity index (χ0n) is 9.49. The van der Waals surface area contributed by atoms with Gasteiger partial charge in [-0.05, 0) is 43.6 Å². The highest BCUT2D eigenvalue weighted by Gasteiger charge is 2.17. The Balaban J connectivity index is 1.99. The maximum Gasteiger partial charge on any atom is 0.201 e. The molecule has 1 aliphatic heterocycles. The number of nitrogens with one attached hydrogen (secondary N) is 1. The molecule has 1 fully saturated rings. The van der Waals surface area contributed by atoms with E-state index in [4.69, 9.17) is 5.73 Å². The van der Waals surface area contributed by atoms with Gasteiger partial charge < -0.3 is 15.6 Å². The molecule has 1 aliphatic rings. The molecule has 0 saturated carbocycles. The molecule has 0 amide bonds. The zero-order valence-corrected chi connectivity index (χ0v) is 11.1. The van der Waals surface area contributed by atoms with Crippen LogP contribution in [0.1, 0.15) is 6.42 Å². The van der Waals surface area contributed by atoms with E-state index in [-0.39, 0.29) is 0 Å². The van der Waals surface area contributed by atoms with Gasteiger partial charge in [0, 0.05) is 11.0 Å². The minimum atomic E-state index is 0.616. The molecule has 0 bridgehead atoms. The Morgan fingerprint density at radius 1 is 1.53 bits per heavy atom. The maximum absolute atomic E-state index is 6.00. The molecule has 1 atom stereocenters. The molecule has 0 aliphatic carbocycles. The Bertz CT molecular complexity index is 543. The van der Waals surface area contributed by atoms with Crippen molar-refractivity contribution in [1.29, 1.82) is 0 Å². The molecule has 17 heavy (non-hydrogen) atoms. The molecule has 1 saturated heterocycles. The number of benzene rings is 1. The topological polar surface area (TPSA) is 55.9 Å². The molecule has 1 unspecified atom stereocenters. The molecule has 5 heteroatoms. The van der Waals surface area contributed by atoms with E-state index in [0.717, 1.165) is 35.1 Å². The zero-order chi connectivity index (χ0) is 11.8. The Labute approximate surface area is 108 Å². The number of anilines is 1. The number of hydrogen-bond donors (Lipinski definition) is 2. The monoisotopic (exact) mass is 294 g/mol. The summed E-state index contributed by atoms with van der Waals surface area (Å²) in [5.74, 6) is 1.28. The van der Waals surface area contributed by atoms with Crippen molar-refractivity contribution >= 4 is 32.9 Å². The number of halogens is 1. The first-order chi connectivity index (χ1) is 8.24. The largest absolute Gasteiger partial charge is 0.369 e. The number of nitrogens with two attached hydrogens (primary N) is 1. The lowest BCUT2D eigenvalue weighted by Gasteiger charge is -2.11. The molecule has 1 aromatic heterocycles. The number of nitrogens with zero attached hydrogens (tertiary/aromatic N) is 2. The number of imidazole rings is 1. The predicted molar refractivity (Wildman–Crippen MR) is 72.8 cm³/mol. The quantitative estimate of drug-likeness (QED) is 0.891. The van der Waals surface area contributed by atoms with Crippen LogP contribution in [0.15, 0.2) is 22.7 Å². The van der Waals surface area contributed by atoms with Crippen LogP contribution in [0.4, 0.5) is 5.95 Å². The van der Waals surface area contributed by atoms with E-state index in [1.165, 1.54) is 6.42 Å².